The first-order valence-electron chi connectivity index (χ1n) is 6.15. The molecule has 0 aromatic heterocycles. The molecule has 0 bridgehead atoms. The van der Waals surface area contributed by atoms with Crippen LogP contribution in [0.1, 0.15) is 22.3 Å². The zero-order valence-corrected chi connectivity index (χ0v) is 11.5. The van der Waals surface area contributed by atoms with Gasteiger partial charge in [-0.1, -0.05) is 0 Å². The third-order valence-electron chi connectivity index (χ3n) is 3.25. The van der Waals surface area contributed by atoms with E-state index in [1.807, 2.05) is 0 Å². The van der Waals surface area contributed by atoms with Crippen molar-refractivity contribution in [2.75, 3.05) is 24.6 Å². The molecule has 0 N–H and O–H groups in total. The molecule has 0 atom stereocenters. The summed E-state index contributed by atoms with van der Waals surface area (Å²) in [6.45, 7) is 2.23. The highest BCUT2D eigenvalue weighted by Crippen LogP contribution is 2.14. The lowest BCUT2D eigenvalue weighted by Gasteiger charge is -2.20. The fraction of sp³-hybridized carbons (Fsp3) is 0.462. The number of carbonyl (C=O) groups is 1. The summed E-state index contributed by atoms with van der Waals surface area (Å²) in [6.07, 6.45) is 0.453. The molecule has 0 saturated carbocycles. The van der Waals surface area contributed by atoms with E-state index in [-0.39, 0.29) is 29.8 Å². The molecule has 104 valence electrons. The van der Waals surface area contributed by atoms with E-state index in [4.69, 9.17) is 0 Å². The van der Waals surface area contributed by atoms with Gasteiger partial charge in [0.2, 0.25) is 0 Å². The summed E-state index contributed by atoms with van der Waals surface area (Å²) in [5.41, 5.74) is 0.812. The maximum atomic E-state index is 13.2. The van der Waals surface area contributed by atoms with Crippen LogP contribution in [0.2, 0.25) is 0 Å². The first-order valence-corrected chi connectivity index (χ1v) is 7.97. The molecule has 1 aliphatic rings. The van der Waals surface area contributed by atoms with Crippen LogP contribution in [0.4, 0.5) is 4.39 Å². The standard InChI is InChI=1S/C13H16FNO3S/c1-10-9-11(3-4-12(10)14)13(16)15-5-2-7-19(17,18)8-6-15/h3-4,9H,2,5-8H2,1H3. The minimum absolute atomic E-state index is 0.00107. The van der Waals surface area contributed by atoms with Crippen LogP contribution in [0.15, 0.2) is 18.2 Å². The quantitative estimate of drug-likeness (QED) is 0.783. The van der Waals surface area contributed by atoms with Crippen LogP contribution in [0.25, 0.3) is 0 Å². The summed E-state index contributed by atoms with van der Waals surface area (Å²) < 4.78 is 36.1. The van der Waals surface area contributed by atoms with Gasteiger partial charge in [-0.3, -0.25) is 4.79 Å². The number of halogens is 1. The Morgan fingerprint density at radius 2 is 2.00 bits per heavy atom. The molecule has 2 rings (SSSR count). The molecule has 0 aliphatic carbocycles. The lowest BCUT2D eigenvalue weighted by molar-refractivity contribution is 0.0768. The fourth-order valence-electron chi connectivity index (χ4n) is 2.10. The molecule has 1 aromatic carbocycles. The molecule has 1 amide bonds. The van der Waals surface area contributed by atoms with Crippen LogP contribution in [0.3, 0.4) is 0 Å². The summed E-state index contributed by atoms with van der Waals surface area (Å²) in [5.74, 6) is -0.465. The van der Waals surface area contributed by atoms with E-state index in [1.165, 1.54) is 23.1 Å². The molecule has 0 spiro atoms. The highest BCUT2D eigenvalue weighted by molar-refractivity contribution is 7.91. The first-order chi connectivity index (χ1) is 8.89. The second-order valence-electron chi connectivity index (χ2n) is 4.76. The highest BCUT2D eigenvalue weighted by Gasteiger charge is 2.23. The van der Waals surface area contributed by atoms with Crippen molar-refractivity contribution in [1.82, 2.24) is 4.90 Å². The van der Waals surface area contributed by atoms with Gasteiger partial charge in [0.1, 0.15) is 5.82 Å². The van der Waals surface area contributed by atoms with Crippen molar-refractivity contribution in [3.63, 3.8) is 0 Å². The number of hydrogen-bond donors (Lipinski definition) is 0. The van der Waals surface area contributed by atoms with E-state index in [0.717, 1.165) is 0 Å². The highest BCUT2D eigenvalue weighted by atomic mass is 32.2. The Bertz CT molecular complexity index is 598. The van der Waals surface area contributed by atoms with Gasteiger partial charge in [0.25, 0.3) is 5.91 Å². The van der Waals surface area contributed by atoms with Crippen molar-refractivity contribution in [3.05, 3.63) is 35.1 Å². The Hall–Kier alpha value is -1.43. The fourth-order valence-corrected chi connectivity index (χ4v) is 3.37. The normalized spacial score (nSPS) is 18.9. The lowest BCUT2D eigenvalue weighted by Crippen LogP contribution is -2.33. The monoisotopic (exact) mass is 285 g/mol. The molecule has 6 heteroatoms. The Morgan fingerprint density at radius 3 is 2.68 bits per heavy atom. The molecule has 1 saturated heterocycles. The predicted octanol–water partition coefficient (Wildman–Crippen LogP) is 1.39. The summed E-state index contributed by atoms with van der Waals surface area (Å²) >= 11 is 0. The van der Waals surface area contributed by atoms with Gasteiger partial charge in [-0.15, -0.1) is 0 Å². The summed E-state index contributed by atoms with van der Waals surface area (Å²) in [4.78, 5) is 13.8. The molecular formula is C13H16FNO3S. The summed E-state index contributed by atoms with van der Waals surface area (Å²) in [7, 11) is -3.04. The van der Waals surface area contributed by atoms with Crippen LogP contribution < -0.4 is 0 Å². The smallest absolute Gasteiger partial charge is 0.253 e. The van der Waals surface area contributed by atoms with E-state index in [0.29, 0.717) is 24.1 Å². The molecule has 1 heterocycles. The maximum Gasteiger partial charge on any atom is 0.253 e. The number of aryl methyl sites for hydroxylation is 1. The van der Waals surface area contributed by atoms with Gasteiger partial charge in [-0.25, -0.2) is 12.8 Å². The molecule has 4 nitrogen and oxygen atoms in total. The third kappa shape index (κ3) is 3.32. The van der Waals surface area contributed by atoms with Crippen LogP contribution in [-0.2, 0) is 9.84 Å². The molecule has 19 heavy (non-hydrogen) atoms. The van der Waals surface area contributed by atoms with Crippen molar-refractivity contribution in [3.8, 4) is 0 Å². The number of nitrogens with zero attached hydrogens (tertiary/aromatic N) is 1. The second kappa shape index (κ2) is 5.28. The van der Waals surface area contributed by atoms with Gasteiger partial charge in [-0.05, 0) is 37.1 Å². The van der Waals surface area contributed by atoms with E-state index < -0.39 is 9.84 Å². The van der Waals surface area contributed by atoms with Crippen LogP contribution in [0, 0.1) is 12.7 Å². The molecule has 1 fully saturated rings. The number of carbonyl (C=O) groups excluding carboxylic acids is 1. The predicted molar refractivity (Wildman–Crippen MR) is 70.3 cm³/mol. The number of rotatable bonds is 1. The van der Waals surface area contributed by atoms with Gasteiger partial charge in [0.05, 0.1) is 11.5 Å². The zero-order valence-electron chi connectivity index (χ0n) is 10.7. The van der Waals surface area contributed by atoms with Gasteiger partial charge in [-0.2, -0.15) is 0 Å². The number of amides is 1. The van der Waals surface area contributed by atoms with E-state index in [2.05, 4.69) is 0 Å². The topological polar surface area (TPSA) is 54.5 Å². The van der Waals surface area contributed by atoms with E-state index in [1.54, 1.807) is 6.92 Å². The molecule has 0 unspecified atom stereocenters. The molecule has 0 radical (unpaired) electrons. The van der Waals surface area contributed by atoms with E-state index in [9.17, 15) is 17.6 Å². The average Bonchev–Trinajstić information content (AvgIpc) is 2.53. The van der Waals surface area contributed by atoms with Gasteiger partial charge >= 0.3 is 0 Å². The third-order valence-corrected chi connectivity index (χ3v) is 4.96. The first kappa shape index (κ1) is 14.0. The van der Waals surface area contributed by atoms with Gasteiger partial charge < -0.3 is 4.90 Å². The van der Waals surface area contributed by atoms with Crippen molar-refractivity contribution in [2.24, 2.45) is 0 Å². The van der Waals surface area contributed by atoms with Crippen LogP contribution in [0.5, 0.6) is 0 Å². The molecule has 1 aromatic rings. The van der Waals surface area contributed by atoms with E-state index >= 15 is 0 Å². The Balaban J connectivity index is 2.17. The minimum atomic E-state index is -3.04. The van der Waals surface area contributed by atoms with Crippen molar-refractivity contribution in [1.29, 1.82) is 0 Å². The summed E-state index contributed by atoms with van der Waals surface area (Å²) in [5, 5.41) is 0. The Morgan fingerprint density at radius 1 is 1.26 bits per heavy atom. The van der Waals surface area contributed by atoms with Crippen molar-refractivity contribution < 1.29 is 17.6 Å². The van der Waals surface area contributed by atoms with Crippen LogP contribution in [-0.4, -0.2) is 43.8 Å². The van der Waals surface area contributed by atoms with Gasteiger partial charge in [0.15, 0.2) is 9.84 Å². The molecular weight excluding hydrogens is 269 g/mol. The van der Waals surface area contributed by atoms with Crippen molar-refractivity contribution in [2.45, 2.75) is 13.3 Å². The Kier molecular flexibility index (Phi) is 3.89. The maximum absolute atomic E-state index is 13.2. The average molecular weight is 285 g/mol. The number of benzene rings is 1. The zero-order chi connectivity index (χ0) is 14.0. The second-order valence-corrected chi connectivity index (χ2v) is 7.07. The minimum Gasteiger partial charge on any atom is -0.338 e. The van der Waals surface area contributed by atoms with Crippen molar-refractivity contribution >= 4 is 15.7 Å². The van der Waals surface area contributed by atoms with Crippen LogP contribution >= 0.6 is 0 Å². The lowest BCUT2D eigenvalue weighted by atomic mass is 10.1. The number of sulfone groups is 1. The largest absolute Gasteiger partial charge is 0.338 e. The SMILES string of the molecule is Cc1cc(C(=O)N2CCCS(=O)(=O)CC2)ccc1F. The number of hydrogen-bond acceptors (Lipinski definition) is 3. The Labute approximate surface area is 112 Å². The summed E-state index contributed by atoms with van der Waals surface area (Å²) in [6, 6.07) is 4.19. The van der Waals surface area contributed by atoms with Gasteiger partial charge in [0, 0.05) is 18.7 Å². The molecule has 1 aliphatic heterocycles.